The number of primary amides is 1. The zero-order valence-electron chi connectivity index (χ0n) is 9.53. The monoisotopic (exact) mass is 224 g/mol. The molecule has 0 aliphatic carbocycles. The van der Waals surface area contributed by atoms with E-state index >= 15 is 0 Å². The molecule has 0 atom stereocenters. The van der Waals surface area contributed by atoms with Gasteiger partial charge in [0, 0.05) is 0 Å². The van der Waals surface area contributed by atoms with E-state index < -0.39 is 5.91 Å². The van der Waals surface area contributed by atoms with E-state index in [1.54, 1.807) is 6.07 Å². The van der Waals surface area contributed by atoms with Gasteiger partial charge in [0.2, 0.25) is 5.91 Å². The van der Waals surface area contributed by atoms with E-state index in [1.165, 1.54) is 0 Å². The highest BCUT2D eigenvalue weighted by molar-refractivity contribution is 6.08. The quantitative estimate of drug-likeness (QED) is 0.850. The largest absolute Gasteiger partial charge is 0.366 e. The van der Waals surface area contributed by atoms with Gasteiger partial charge in [-0.15, -0.1) is 0 Å². The summed E-state index contributed by atoms with van der Waals surface area (Å²) >= 11 is 0. The van der Waals surface area contributed by atoms with E-state index in [-0.39, 0.29) is 0 Å². The third kappa shape index (κ3) is 1.74. The van der Waals surface area contributed by atoms with Crippen LogP contribution in [0, 0.1) is 11.3 Å². The highest BCUT2D eigenvalue weighted by Gasteiger charge is 2.15. The number of nitriles is 1. The van der Waals surface area contributed by atoms with E-state index in [2.05, 4.69) is 6.07 Å². The lowest BCUT2D eigenvalue weighted by Crippen LogP contribution is -2.15. The Morgan fingerprint density at radius 1 is 1.41 bits per heavy atom. The Bertz CT molecular complexity index is 638. The molecule has 2 rings (SSSR count). The maximum Gasteiger partial charge on any atom is 0.249 e. The van der Waals surface area contributed by atoms with Crippen molar-refractivity contribution in [3.63, 3.8) is 0 Å². The number of nitrogens with two attached hydrogens (primary N) is 1. The smallest absolute Gasteiger partial charge is 0.249 e. The summed E-state index contributed by atoms with van der Waals surface area (Å²) in [4.78, 5) is 11.6. The van der Waals surface area contributed by atoms with Gasteiger partial charge < -0.3 is 5.73 Å². The fraction of sp³-hybridized carbons (Fsp3) is 0.143. The SMILES string of the molecule is CCc1c(C#N)cc2ccccc2c1C(N)=O. The summed E-state index contributed by atoms with van der Waals surface area (Å²) < 4.78 is 0. The Morgan fingerprint density at radius 2 is 2.12 bits per heavy atom. The molecule has 0 spiro atoms. The van der Waals surface area contributed by atoms with Crippen molar-refractivity contribution >= 4 is 16.7 Å². The molecule has 0 aliphatic heterocycles. The van der Waals surface area contributed by atoms with Gasteiger partial charge in [-0.25, -0.2) is 0 Å². The van der Waals surface area contributed by atoms with Crippen LogP contribution in [0.2, 0.25) is 0 Å². The molecule has 0 bridgehead atoms. The predicted molar refractivity (Wildman–Crippen MR) is 66.6 cm³/mol. The molecule has 0 aromatic heterocycles. The van der Waals surface area contributed by atoms with Gasteiger partial charge in [-0.1, -0.05) is 31.2 Å². The summed E-state index contributed by atoms with van der Waals surface area (Å²) in [5.41, 5.74) is 7.17. The number of fused-ring (bicyclic) bond motifs is 1. The van der Waals surface area contributed by atoms with Crippen LogP contribution in [-0.4, -0.2) is 5.91 Å². The van der Waals surface area contributed by atoms with E-state index in [0.29, 0.717) is 17.5 Å². The Morgan fingerprint density at radius 3 is 2.71 bits per heavy atom. The van der Waals surface area contributed by atoms with Gasteiger partial charge in [-0.05, 0) is 28.8 Å². The zero-order valence-corrected chi connectivity index (χ0v) is 9.53. The summed E-state index contributed by atoms with van der Waals surface area (Å²) in [5, 5.41) is 10.8. The summed E-state index contributed by atoms with van der Waals surface area (Å²) in [7, 11) is 0. The third-order valence-corrected chi connectivity index (χ3v) is 2.88. The van der Waals surface area contributed by atoms with Crippen LogP contribution in [0.3, 0.4) is 0 Å². The van der Waals surface area contributed by atoms with Gasteiger partial charge in [-0.3, -0.25) is 4.79 Å². The van der Waals surface area contributed by atoms with Gasteiger partial charge in [0.15, 0.2) is 0 Å². The molecule has 3 heteroatoms. The molecular weight excluding hydrogens is 212 g/mol. The van der Waals surface area contributed by atoms with Crippen LogP contribution in [-0.2, 0) is 6.42 Å². The van der Waals surface area contributed by atoms with Crippen LogP contribution in [0.25, 0.3) is 10.8 Å². The number of nitrogens with zero attached hydrogens (tertiary/aromatic N) is 1. The summed E-state index contributed by atoms with van der Waals surface area (Å²) in [6, 6.07) is 11.4. The molecule has 0 saturated carbocycles. The number of amides is 1. The first-order chi connectivity index (χ1) is 8.19. The number of hydrogen-bond acceptors (Lipinski definition) is 2. The van der Waals surface area contributed by atoms with Crippen LogP contribution in [0.15, 0.2) is 30.3 Å². The molecular formula is C14H12N2O. The maximum absolute atomic E-state index is 11.6. The van der Waals surface area contributed by atoms with Gasteiger partial charge in [0.05, 0.1) is 17.2 Å². The standard InChI is InChI=1S/C14H12N2O/c1-2-11-10(8-15)7-9-5-3-4-6-12(9)13(11)14(16)17/h3-7H,2H2,1H3,(H2,16,17). The van der Waals surface area contributed by atoms with Crippen molar-refractivity contribution in [2.45, 2.75) is 13.3 Å². The Hall–Kier alpha value is -2.34. The molecule has 2 N–H and O–H groups in total. The van der Waals surface area contributed by atoms with Crippen molar-refractivity contribution in [2.24, 2.45) is 5.73 Å². The molecule has 17 heavy (non-hydrogen) atoms. The van der Waals surface area contributed by atoms with Crippen molar-refractivity contribution < 1.29 is 4.79 Å². The van der Waals surface area contributed by atoms with E-state index in [9.17, 15) is 4.79 Å². The lowest BCUT2D eigenvalue weighted by Gasteiger charge is -2.10. The highest BCUT2D eigenvalue weighted by Crippen LogP contribution is 2.26. The Labute approximate surface area is 99.5 Å². The van der Waals surface area contributed by atoms with Crippen LogP contribution in [0.4, 0.5) is 0 Å². The molecule has 0 saturated heterocycles. The van der Waals surface area contributed by atoms with E-state index in [0.717, 1.165) is 16.3 Å². The Balaban J connectivity index is 2.97. The van der Waals surface area contributed by atoms with Crippen LogP contribution >= 0.6 is 0 Å². The molecule has 2 aromatic rings. The van der Waals surface area contributed by atoms with Crippen LogP contribution in [0.5, 0.6) is 0 Å². The summed E-state index contributed by atoms with van der Waals surface area (Å²) in [5.74, 6) is -0.477. The first-order valence-corrected chi connectivity index (χ1v) is 5.43. The normalized spacial score (nSPS) is 10.1. The number of carbonyl (C=O) groups is 1. The highest BCUT2D eigenvalue weighted by atomic mass is 16.1. The van der Waals surface area contributed by atoms with Crippen molar-refractivity contribution in [3.05, 3.63) is 47.0 Å². The molecule has 84 valence electrons. The zero-order chi connectivity index (χ0) is 12.4. The maximum atomic E-state index is 11.6. The molecule has 2 aromatic carbocycles. The molecule has 3 nitrogen and oxygen atoms in total. The Kier molecular flexibility index (Phi) is 2.80. The summed E-state index contributed by atoms with van der Waals surface area (Å²) in [6.07, 6.45) is 0.617. The molecule has 0 heterocycles. The minimum atomic E-state index is -0.477. The van der Waals surface area contributed by atoms with Crippen molar-refractivity contribution in [1.82, 2.24) is 0 Å². The van der Waals surface area contributed by atoms with Crippen LogP contribution < -0.4 is 5.73 Å². The topological polar surface area (TPSA) is 66.9 Å². The van der Waals surface area contributed by atoms with Gasteiger partial charge in [-0.2, -0.15) is 5.26 Å². The van der Waals surface area contributed by atoms with E-state index in [1.807, 2.05) is 31.2 Å². The molecule has 0 fully saturated rings. The predicted octanol–water partition coefficient (Wildman–Crippen LogP) is 2.37. The number of rotatable bonds is 2. The minimum Gasteiger partial charge on any atom is -0.366 e. The lowest BCUT2D eigenvalue weighted by atomic mass is 9.92. The van der Waals surface area contributed by atoms with E-state index in [4.69, 9.17) is 11.0 Å². The van der Waals surface area contributed by atoms with Gasteiger partial charge in [0.1, 0.15) is 0 Å². The lowest BCUT2D eigenvalue weighted by molar-refractivity contribution is 0.100. The number of benzene rings is 2. The van der Waals surface area contributed by atoms with Crippen molar-refractivity contribution in [3.8, 4) is 6.07 Å². The van der Waals surface area contributed by atoms with Crippen LogP contribution in [0.1, 0.15) is 28.4 Å². The number of carbonyl (C=O) groups excluding carboxylic acids is 1. The second-order valence-electron chi connectivity index (χ2n) is 3.83. The fourth-order valence-corrected chi connectivity index (χ4v) is 2.14. The average Bonchev–Trinajstić information content (AvgIpc) is 2.35. The third-order valence-electron chi connectivity index (χ3n) is 2.88. The van der Waals surface area contributed by atoms with Gasteiger partial charge >= 0.3 is 0 Å². The molecule has 0 radical (unpaired) electrons. The minimum absolute atomic E-state index is 0.474. The first-order valence-electron chi connectivity index (χ1n) is 5.43. The van der Waals surface area contributed by atoms with Crippen molar-refractivity contribution in [2.75, 3.05) is 0 Å². The first kappa shape index (κ1) is 11.2. The average molecular weight is 224 g/mol. The number of hydrogen-bond donors (Lipinski definition) is 1. The molecule has 1 amide bonds. The molecule has 0 aliphatic rings. The van der Waals surface area contributed by atoms with Crippen molar-refractivity contribution in [1.29, 1.82) is 5.26 Å². The fourth-order valence-electron chi connectivity index (χ4n) is 2.14. The second-order valence-corrected chi connectivity index (χ2v) is 3.83. The summed E-state index contributed by atoms with van der Waals surface area (Å²) in [6.45, 7) is 1.91. The second kappa shape index (κ2) is 4.26. The molecule has 0 unspecified atom stereocenters. The van der Waals surface area contributed by atoms with Gasteiger partial charge in [0.25, 0.3) is 0 Å².